The number of hydrogen-bond donors (Lipinski definition) is 1. The Balaban J connectivity index is 1.31. The number of nitrogens with one attached hydrogen (secondary N) is 1. The first-order valence-corrected chi connectivity index (χ1v) is 13.2. The van der Waals surface area contributed by atoms with Gasteiger partial charge in [-0.05, 0) is 92.2 Å². The van der Waals surface area contributed by atoms with Gasteiger partial charge in [0.1, 0.15) is 0 Å². The molecule has 4 heteroatoms. The average molecular weight is 480 g/mol. The Kier molecular flexibility index (Phi) is 6.97. The van der Waals surface area contributed by atoms with Gasteiger partial charge in [0.2, 0.25) is 5.91 Å². The van der Waals surface area contributed by atoms with Gasteiger partial charge in [0.25, 0.3) is 0 Å². The highest BCUT2D eigenvalue weighted by atomic mass is 16.1. The second kappa shape index (κ2) is 10.3. The van der Waals surface area contributed by atoms with Gasteiger partial charge in [0, 0.05) is 35.4 Å². The van der Waals surface area contributed by atoms with Crippen LogP contribution in [0.1, 0.15) is 54.9 Å². The maximum absolute atomic E-state index is 12.1. The van der Waals surface area contributed by atoms with E-state index >= 15 is 0 Å². The first-order valence-electron chi connectivity index (χ1n) is 13.2. The molecule has 1 saturated heterocycles. The Morgan fingerprint density at radius 3 is 2.50 bits per heavy atom. The van der Waals surface area contributed by atoms with E-state index < -0.39 is 0 Å². The van der Waals surface area contributed by atoms with Gasteiger partial charge in [-0.15, -0.1) is 0 Å². The number of rotatable bonds is 6. The van der Waals surface area contributed by atoms with Crippen molar-refractivity contribution in [1.82, 2.24) is 9.47 Å². The molecule has 0 atom stereocenters. The third kappa shape index (κ3) is 4.96. The molecule has 186 valence electrons. The molecule has 1 amide bonds. The largest absolute Gasteiger partial charge is 0.326 e. The van der Waals surface area contributed by atoms with Gasteiger partial charge >= 0.3 is 0 Å². The lowest BCUT2D eigenvalue weighted by Gasteiger charge is -2.32. The minimum absolute atomic E-state index is 0.0164. The predicted molar refractivity (Wildman–Crippen MR) is 150 cm³/mol. The van der Waals surface area contributed by atoms with Gasteiger partial charge in [0.05, 0.1) is 5.52 Å². The van der Waals surface area contributed by atoms with Crippen LogP contribution in [0.5, 0.6) is 0 Å². The lowest BCUT2D eigenvalue weighted by Crippen LogP contribution is -2.32. The number of carbonyl (C=O) groups is 1. The zero-order chi connectivity index (χ0) is 25.2. The molecule has 4 aromatic rings. The van der Waals surface area contributed by atoms with Crippen molar-refractivity contribution in [2.45, 2.75) is 53.0 Å². The summed E-state index contributed by atoms with van der Waals surface area (Å²) in [5, 5.41) is 4.35. The highest BCUT2D eigenvalue weighted by Crippen LogP contribution is 2.32. The van der Waals surface area contributed by atoms with Crippen molar-refractivity contribution in [1.29, 1.82) is 0 Å². The van der Waals surface area contributed by atoms with Gasteiger partial charge in [-0.25, -0.2) is 0 Å². The van der Waals surface area contributed by atoms with Crippen LogP contribution in [-0.2, 0) is 11.3 Å². The fraction of sp³-hybridized carbons (Fsp3) is 0.344. The number of benzene rings is 3. The van der Waals surface area contributed by atoms with E-state index in [1.807, 2.05) is 19.9 Å². The van der Waals surface area contributed by atoms with Crippen LogP contribution in [0.2, 0.25) is 0 Å². The number of amides is 1. The van der Waals surface area contributed by atoms with Crippen molar-refractivity contribution < 1.29 is 4.79 Å². The van der Waals surface area contributed by atoms with E-state index in [1.165, 1.54) is 38.8 Å². The van der Waals surface area contributed by atoms with E-state index in [0.29, 0.717) is 5.92 Å². The molecule has 1 aromatic heterocycles. The van der Waals surface area contributed by atoms with Crippen LogP contribution >= 0.6 is 0 Å². The molecule has 0 spiro atoms. The number of piperidine rings is 1. The van der Waals surface area contributed by atoms with E-state index in [1.54, 1.807) is 0 Å². The summed E-state index contributed by atoms with van der Waals surface area (Å²) < 4.78 is 2.37. The van der Waals surface area contributed by atoms with Gasteiger partial charge in [0.15, 0.2) is 0 Å². The lowest BCUT2D eigenvalue weighted by molar-refractivity contribution is -0.118. The van der Waals surface area contributed by atoms with Gasteiger partial charge in [-0.2, -0.15) is 0 Å². The monoisotopic (exact) mass is 479 g/mol. The van der Waals surface area contributed by atoms with Crippen LogP contribution < -0.4 is 5.32 Å². The van der Waals surface area contributed by atoms with Crippen molar-refractivity contribution in [2.75, 3.05) is 18.4 Å². The van der Waals surface area contributed by atoms with Crippen molar-refractivity contribution in [3.63, 3.8) is 0 Å². The molecule has 0 radical (unpaired) electrons. The molecule has 0 bridgehead atoms. The molecule has 1 fully saturated rings. The second-order valence-corrected chi connectivity index (χ2v) is 10.6. The summed E-state index contributed by atoms with van der Waals surface area (Å²) in [4.78, 5) is 14.7. The van der Waals surface area contributed by atoms with Crippen molar-refractivity contribution in [2.24, 2.45) is 5.92 Å². The maximum Gasteiger partial charge on any atom is 0.226 e. The summed E-state index contributed by atoms with van der Waals surface area (Å²) in [5.74, 6) is 0.589. The van der Waals surface area contributed by atoms with E-state index in [9.17, 15) is 4.79 Å². The summed E-state index contributed by atoms with van der Waals surface area (Å²) in [6.45, 7) is 11.4. The zero-order valence-electron chi connectivity index (χ0n) is 21.9. The SMILES string of the molecule is Cc1cccc(-n2ccc3cccc(CN4CCC(c5cccc(NC(=O)C(C)C)c5)CC4)c32)c1C. The Morgan fingerprint density at radius 1 is 0.972 bits per heavy atom. The number of aryl methyl sites for hydroxylation is 1. The van der Waals surface area contributed by atoms with Crippen LogP contribution in [0.4, 0.5) is 5.69 Å². The van der Waals surface area contributed by atoms with Crippen LogP contribution in [0.25, 0.3) is 16.6 Å². The average Bonchev–Trinajstić information content (AvgIpc) is 3.31. The summed E-state index contributed by atoms with van der Waals surface area (Å²) in [6.07, 6.45) is 4.48. The summed E-state index contributed by atoms with van der Waals surface area (Å²) >= 11 is 0. The van der Waals surface area contributed by atoms with Gasteiger partial charge in [-0.3, -0.25) is 9.69 Å². The summed E-state index contributed by atoms with van der Waals surface area (Å²) in [6, 6.07) is 23.9. The molecular weight excluding hydrogens is 442 g/mol. The van der Waals surface area contributed by atoms with E-state index in [2.05, 4.69) is 95.5 Å². The molecule has 1 N–H and O–H groups in total. The van der Waals surface area contributed by atoms with Crippen LogP contribution in [0.3, 0.4) is 0 Å². The normalized spacial score (nSPS) is 15.0. The zero-order valence-corrected chi connectivity index (χ0v) is 21.9. The Labute approximate surface area is 214 Å². The van der Waals surface area contributed by atoms with E-state index in [0.717, 1.165) is 38.2 Å². The molecule has 4 nitrogen and oxygen atoms in total. The number of fused-ring (bicyclic) bond motifs is 1. The number of hydrogen-bond acceptors (Lipinski definition) is 2. The molecule has 5 rings (SSSR count). The van der Waals surface area contributed by atoms with Crippen molar-refractivity contribution in [3.8, 4) is 5.69 Å². The third-order valence-electron chi connectivity index (χ3n) is 7.76. The molecule has 2 heterocycles. The number of para-hydroxylation sites is 1. The number of anilines is 1. The summed E-state index contributed by atoms with van der Waals surface area (Å²) in [7, 11) is 0. The van der Waals surface area contributed by atoms with E-state index in [-0.39, 0.29) is 11.8 Å². The molecule has 1 aliphatic heterocycles. The number of likely N-dealkylation sites (tertiary alicyclic amines) is 1. The van der Waals surface area contributed by atoms with Crippen LogP contribution in [0, 0.1) is 19.8 Å². The lowest BCUT2D eigenvalue weighted by atomic mass is 9.89. The van der Waals surface area contributed by atoms with Crippen LogP contribution in [-0.4, -0.2) is 28.5 Å². The highest BCUT2D eigenvalue weighted by Gasteiger charge is 2.22. The minimum Gasteiger partial charge on any atom is -0.326 e. The minimum atomic E-state index is -0.0164. The fourth-order valence-electron chi connectivity index (χ4n) is 5.42. The number of carbonyl (C=O) groups excluding carboxylic acids is 1. The van der Waals surface area contributed by atoms with E-state index in [4.69, 9.17) is 0 Å². The second-order valence-electron chi connectivity index (χ2n) is 10.6. The Bertz CT molecular complexity index is 1380. The summed E-state index contributed by atoms with van der Waals surface area (Å²) in [5.41, 5.74) is 8.87. The van der Waals surface area contributed by atoms with Crippen molar-refractivity contribution >= 4 is 22.5 Å². The number of aromatic nitrogens is 1. The maximum atomic E-state index is 12.1. The topological polar surface area (TPSA) is 37.3 Å². The standard InChI is InChI=1S/C32H37N3O/c1-22(2)32(36)33-29-12-7-10-27(20-29)25-14-17-34(18-15-25)21-28-11-6-9-26-16-19-35(31(26)28)30-13-5-8-23(3)24(30)4/h5-13,16,19-20,22,25H,14-15,17-18,21H2,1-4H3,(H,33,36). The van der Waals surface area contributed by atoms with Gasteiger partial charge in [-0.1, -0.05) is 56.3 Å². The predicted octanol–water partition coefficient (Wildman–Crippen LogP) is 7.22. The molecule has 1 aliphatic rings. The van der Waals surface area contributed by atoms with Gasteiger partial charge < -0.3 is 9.88 Å². The molecule has 0 unspecified atom stereocenters. The smallest absolute Gasteiger partial charge is 0.226 e. The molecular formula is C32H37N3O. The molecule has 0 saturated carbocycles. The molecule has 36 heavy (non-hydrogen) atoms. The highest BCUT2D eigenvalue weighted by molar-refractivity contribution is 5.92. The van der Waals surface area contributed by atoms with Crippen LogP contribution in [0.15, 0.2) is 72.9 Å². The third-order valence-corrected chi connectivity index (χ3v) is 7.76. The Morgan fingerprint density at radius 2 is 1.72 bits per heavy atom. The first kappa shape index (κ1) is 24.3. The first-order chi connectivity index (χ1) is 17.4. The number of nitrogens with zero attached hydrogens (tertiary/aromatic N) is 2. The molecule has 3 aromatic carbocycles. The Hall–Kier alpha value is -3.37. The molecule has 0 aliphatic carbocycles. The van der Waals surface area contributed by atoms with Crippen molar-refractivity contribution in [3.05, 3.63) is 95.2 Å². The quantitative estimate of drug-likeness (QED) is 0.317. The fourth-order valence-corrected chi connectivity index (χ4v) is 5.42.